The summed E-state index contributed by atoms with van der Waals surface area (Å²) in [6.45, 7) is 2.95. The largest absolute Gasteiger partial charge is 0.493 e. The van der Waals surface area contributed by atoms with Crippen LogP contribution in [0.15, 0.2) is 39.4 Å². The van der Waals surface area contributed by atoms with E-state index in [1.807, 2.05) is 30.3 Å². The van der Waals surface area contributed by atoms with Crippen LogP contribution in [-0.4, -0.2) is 20.8 Å². The van der Waals surface area contributed by atoms with Gasteiger partial charge < -0.3 is 19.2 Å². The molecular formula is C16H20BrNO3. The summed E-state index contributed by atoms with van der Waals surface area (Å²) in [6, 6.07) is 9.99. The molecule has 1 N–H and O–H groups in total. The average Bonchev–Trinajstić information content (AvgIpc) is 2.93. The van der Waals surface area contributed by atoms with Crippen molar-refractivity contribution >= 4 is 15.9 Å². The van der Waals surface area contributed by atoms with Crippen molar-refractivity contribution in [2.24, 2.45) is 0 Å². The Morgan fingerprint density at radius 3 is 2.48 bits per heavy atom. The first-order valence-electron chi connectivity index (χ1n) is 6.87. The first kappa shape index (κ1) is 15.9. The van der Waals surface area contributed by atoms with E-state index in [4.69, 9.17) is 13.9 Å². The van der Waals surface area contributed by atoms with E-state index in [9.17, 15) is 0 Å². The molecule has 21 heavy (non-hydrogen) atoms. The topological polar surface area (TPSA) is 43.6 Å². The fourth-order valence-electron chi connectivity index (χ4n) is 2.28. The highest BCUT2D eigenvalue weighted by Gasteiger charge is 2.16. The lowest BCUT2D eigenvalue weighted by Gasteiger charge is -2.17. The Hall–Kier alpha value is -1.46. The van der Waals surface area contributed by atoms with Gasteiger partial charge in [0.15, 0.2) is 16.2 Å². The Morgan fingerprint density at radius 2 is 1.90 bits per heavy atom. The third-order valence-electron chi connectivity index (χ3n) is 3.28. The van der Waals surface area contributed by atoms with E-state index in [1.54, 1.807) is 14.2 Å². The van der Waals surface area contributed by atoms with Crippen molar-refractivity contribution in [3.63, 3.8) is 0 Å². The molecule has 0 aliphatic rings. The molecule has 5 heteroatoms. The van der Waals surface area contributed by atoms with Gasteiger partial charge in [-0.1, -0.05) is 13.0 Å². The van der Waals surface area contributed by atoms with Crippen molar-refractivity contribution in [3.8, 4) is 11.5 Å². The van der Waals surface area contributed by atoms with Crippen LogP contribution in [0.5, 0.6) is 11.5 Å². The van der Waals surface area contributed by atoms with Crippen LogP contribution in [0.2, 0.25) is 0 Å². The van der Waals surface area contributed by atoms with Crippen LogP contribution in [0.25, 0.3) is 0 Å². The van der Waals surface area contributed by atoms with Crippen molar-refractivity contribution < 1.29 is 13.9 Å². The number of hydrogen-bond donors (Lipinski definition) is 1. The molecule has 2 rings (SSSR count). The van der Waals surface area contributed by atoms with Crippen LogP contribution in [0, 0.1) is 0 Å². The molecular weight excluding hydrogens is 334 g/mol. The zero-order valence-corrected chi connectivity index (χ0v) is 14.1. The van der Waals surface area contributed by atoms with Crippen LogP contribution in [-0.2, 0) is 6.42 Å². The van der Waals surface area contributed by atoms with Gasteiger partial charge in [0.05, 0.1) is 20.3 Å². The molecule has 0 bridgehead atoms. The summed E-state index contributed by atoms with van der Waals surface area (Å²) in [5.74, 6) is 2.39. The summed E-state index contributed by atoms with van der Waals surface area (Å²) in [4.78, 5) is 0. The normalized spacial score (nSPS) is 12.2. The maximum atomic E-state index is 5.67. The molecule has 0 radical (unpaired) electrons. The number of halogens is 1. The van der Waals surface area contributed by atoms with Gasteiger partial charge in [0, 0.05) is 0 Å². The number of methoxy groups -OCH3 is 2. The molecule has 2 aromatic rings. The van der Waals surface area contributed by atoms with E-state index in [1.165, 1.54) is 0 Å². The molecule has 1 aromatic heterocycles. The van der Waals surface area contributed by atoms with E-state index in [0.717, 1.165) is 40.5 Å². The minimum atomic E-state index is 0.124. The SMILES string of the molecule is CCNC(Cc1ccc(OC)c(OC)c1)c1ccc(Br)o1. The minimum Gasteiger partial charge on any atom is -0.493 e. The summed E-state index contributed by atoms with van der Waals surface area (Å²) >= 11 is 3.35. The van der Waals surface area contributed by atoms with Gasteiger partial charge in [-0.3, -0.25) is 0 Å². The number of nitrogens with one attached hydrogen (secondary N) is 1. The third kappa shape index (κ3) is 4.02. The Morgan fingerprint density at radius 1 is 1.14 bits per heavy atom. The molecule has 0 saturated heterocycles. The first-order valence-corrected chi connectivity index (χ1v) is 7.66. The highest BCUT2D eigenvalue weighted by atomic mass is 79.9. The second-order valence-corrected chi connectivity index (χ2v) is 5.43. The quantitative estimate of drug-likeness (QED) is 0.818. The lowest BCUT2D eigenvalue weighted by molar-refractivity contribution is 0.354. The summed E-state index contributed by atoms with van der Waals surface area (Å²) in [5.41, 5.74) is 1.16. The number of likely N-dealkylation sites (N-methyl/N-ethyl adjacent to an activating group) is 1. The van der Waals surface area contributed by atoms with E-state index in [-0.39, 0.29) is 6.04 Å². The molecule has 0 saturated carbocycles. The lowest BCUT2D eigenvalue weighted by Crippen LogP contribution is -2.22. The fourth-order valence-corrected chi connectivity index (χ4v) is 2.60. The van der Waals surface area contributed by atoms with Crippen molar-refractivity contribution in [2.75, 3.05) is 20.8 Å². The van der Waals surface area contributed by atoms with Crippen LogP contribution < -0.4 is 14.8 Å². The molecule has 1 unspecified atom stereocenters. The Labute approximate surface area is 133 Å². The Bertz CT molecular complexity index is 583. The van der Waals surface area contributed by atoms with Gasteiger partial charge in [0.2, 0.25) is 0 Å². The monoisotopic (exact) mass is 353 g/mol. The number of benzene rings is 1. The first-order chi connectivity index (χ1) is 10.2. The average molecular weight is 354 g/mol. The van der Waals surface area contributed by atoms with E-state index < -0.39 is 0 Å². The Balaban J connectivity index is 2.20. The molecule has 1 atom stereocenters. The predicted octanol–water partition coefficient (Wildman–Crippen LogP) is 3.95. The summed E-state index contributed by atoms with van der Waals surface area (Å²) in [5, 5.41) is 3.44. The van der Waals surface area contributed by atoms with Gasteiger partial charge in [-0.2, -0.15) is 0 Å². The molecule has 0 amide bonds. The summed E-state index contributed by atoms with van der Waals surface area (Å²) in [6.07, 6.45) is 0.814. The van der Waals surface area contributed by atoms with Gasteiger partial charge in [0.1, 0.15) is 5.76 Å². The van der Waals surface area contributed by atoms with Crippen LogP contribution >= 0.6 is 15.9 Å². The van der Waals surface area contributed by atoms with Crippen molar-refractivity contribution in [1.82, 2.24) is 5.32 Å². The Kier molecular flexibility index (Phi) is 5.70. The lowest BCUT2D eigenvalue weighted by atomic mass is 10.0. The van der Waals surface area contributed by atoms with Crippen LogP contribution in [0.4, 0.5) is 0 Å². The van der Waals surface area contributed by atoms with Crippen molar-refractivity contribution in [3.05, 3.63) is 46.3 Å². The van der Waals surface area contributed by atoms with Crippen LogP contribution in [0.3, 0.4) is 0 Å². The summed E-state index contributed by atoms with van der Waals surface area (Å²) in [7, 11) is 3.28. The van der Waals surface area contributed by atoms with Gasteiger partial charge in [-0.25, -0.2) is 0 Å². The molecule has 0 aliphatic heterocycles. The zero-order valence-electron chi connectivity index (χ0n) is 12.5. The number of furan rings is 1. The van der Waals surface area contributed by atoms with Gasteiger partial charge in [-0.15, -0.1) is 0 Å². The van der Waals surface area contributed by atoms with Gasteiger partial charge >= 0.3 is 0 Å². The second kappa shape index (κ2) is 7.52. The highest BCUT2D eigenvalue weighted by Crippen LogP contribution is 2.30. The maximum absolute atomic E-state index is 5.67. The molecule has 114 valence electrons. The number of hydrogen-bond acceptors (Lipinski definition) is 4. The predicted molar refractivity (Wildman–Crippen MR) is 86.1 cm³/mol. The van der Waals surface area contributed by atoms with Crippen molar-refractivity contribution in [2.45, 2.75) is 19.4 Å². The number of rotatable bonds is 7. The molecule has 4 nitrogen and oxygen atoms in total. The second-order valence-electron chi connectivity index (χ2n) is 4.65. The zero-order chi connectivity index (χ0) is 15.2. The molecule has 0 fully saturated rings. The number of ether oxygens (including phenoxy) is 2. The smallest absolute Gasteiger partial charge is 0.169 e. The van der Waals surface area contributed by atoms with E-state index in [2.05, 4.69) is 28.2 Å². The molecule has 1 aromatic carbocycles. The molecule has 0 aliphatic carbocycles. The molecule has 1 heterocycles. The highest BCUT2D eigenvalue weighted by molar-refractivity contribution is 9.10. The van der Waals surface area contributed by atoms with E-state index >= 15 is 0 Å². The third-order valence-corrected chi connectivity index (χ3v) is 3.70. The van der Waals surface area contributed by atoms with Crippen molar-refractivity contribution in [1.29, 1.82) is 0 Å². The maximum Gasteiger partial charge on any atom is 0.169 e. The molecule has 0 spiro atoms. The van der Waals surface area contributed by atoms with Gasteiger partial charge in [-0.05, 0) is 58.7 Å². The van der Waals surface area contributed by atoms with Crippen LogP contribution in [0.1, 0.15) is 24.3 Å². The fraction of sp³-hybridized carbons (Fsp3) is 0.375. The van der Waals surface area contributed by atoms with Gasteiger partial charge in [0.25, 0.3) is 0 Å². The standard InChI is InChI=1S/C16H20BrNO3/c1-4-18-12(13-7-8-16(17)21-13)9-11-5-6-14(19-2)15(10-11)20-3/h5-8,10,12,18H,4,9H2,1-3H3. The van der Waals surface area contributed by atoms with E-state index in [0.29, 0.717) is 0 Å². The summed E-state index contributed by atoms with van der Waals surface area (Å²) < 4.78 is 17.0. The minimum absolute atomic E-state index is 0.124.